The molecule has 19 heavy (non-hydrogen) atoms. The lowest BCUT2D eigenvalue weighted by atomic mass is 10.1. The number of hydrogen-bond donors (Lipinski definition) is 1. The predicted octanol–water partition coefficient (Wildman–Crippen LogP) is 2.12. The number of carbonyl (C=O) groups is 2. The van der Waals surface area contributed by atoms with Gasteiger partial charge in [0, 0.05) is 12.6 Å². The molecule has 1 heterocycles. The van der Waals surface area contributed by atoms with E-state index < -0.39 is 11.9 Å². The molecule has 1 N–H and O–H groups in total. The first-order chi connectivity index (χ1) is 8.99. The van der Waals surface area contributed by atoms with E-state index in [1.165, 1.54) is 4.90 Å². The van der Waals surface area contributed by atoms with Crippen molar-refractivity contribution in [3.8, 4) is 0 Å². The average molecular weight is 278 g/mol. The number of amides is 1. The lowest BCUT2D eigenvalue weighted by Gasteiger charge is -2.24. The summed E-state index contributed by atoms with van der Waals surface area (Å²) < 4.78 is 1.07. The second kappa shape index (κ2) is 5.36. The van der Waals surface area contributed by atoms with E-state index in [1.807, 2.05) is 18.2 Å². The van der Waals surface area contributed by atoms with Crippen LogP contribution < -0.4 is 0 Å². The lowest BCUT2D eigenvalue weighted by molar-refractivity contribution is -0.157. The average Bonchev–Trinajstić information content (AvgIpc) is 2.81. The molecule has 1 aromatic heterocycles. The van der Waals surface area contributed by atoms with Crippen LogP contribution in [0.15, 0.2) is 23.7 Å². The standard InChI is InChI=1S/C13H14N2O3S/c1-8(2)15(12(16)13(17)18)6-9-3-4-11-10(5-9)14-7-19-11/h3-5,7-8H,6H2,1-2H3,(H,17,18). The summed E-state index contributed by atoms with van der Waals surface area (Å²) in [5, 5.41) is 8.82. The van der Waals surface area contributed by atoms with Crippen LogP contribution in [0.25, 0.3) is 10.2 Å². The number of rotatable bonds is 3. The molecule has 0 saturated heterocycles. The van der Waals surface area contributed by atoms with Crippen molar-refractivity contribution in [2.24, 2.45) is 0 Å². The smallest absolute Gasteiger partial charge is 0.394 e. The maximum absolute atomic E-state index is 11.6. The number of thiazole rings is 1. The Hall–Kier alpha value is -1.95. The third-order valence-electron chi connectivity index (χ3n) is 2.81. The molecule has 0 aliphatic heterocycles. The number of carboxylic acids is 1. The number of benzene rings is 1. The van der Waals surface area contributed by atoms with Crippen molar-refractivity contribution in [3.63, 3.8) is 0 Å². The van der Waals surface area contributed by atoms with Crippen LogP contribution >= 0.6 is 11.3 Å². The predicted molar refractivity (Wildman–Crippen MR) is 72.9 cm³/mol. The molecule has 0 unspecified atom stereocenters. The third-order valence-corrected chi connectivity index (χ3v) is 3.62. The van der Waals surface area contributed by atoms with Crippen molar-refractivity contribution in [3.05, 3.63) is 29.3 Å². The topological polar surface area (TPSA) is 70.5 Å². The Morgan fingerprint density at radius 3 is 2.79 bits per heavy atom. The Labute approximate surface area is 114 Å². The van der Waals surface area contributed by atoms with E-state index in [4.69, 9.17) is 5.11 Å². The Balaban J connectivity index is 2.25. The van der Waals surface area contributed by atoms with Crippen molar-refractivity contribution in [1.82, 2.24) is 9.88 Å². The van der Waals surface area contributed by atoms with E-state index >= 15 is 0 Å². The van der Waals surface area contributed by atoms with E-state index in [0.717, 1.165) is 15.8 Å². The quantitative estimate of drug-likeness (QED) is 0.873. The zero-order valence-corrected chi connectivity index (χ0v) is 11.5. The molecule has 6 heteroatoms. The first kappa shape index (κ1) is 13.5. The monoisotopic (exact) mass is 278 g/mol. The zero-order valence-electron chi connectivity index (χ0n) is 10.7. The van der Waals surface area contributed by atoms with Gasteiger partial charge in [-0.05, 0) is 31.5 Å². The number of hydrogen-bond acceptors (Lipinski definition) is 4. The Kier molecular flexibility index (Phi) is 3.80. The van der Waals surface area contributed by atoms with E-state index in [-0.39, 0.29) is 12.6 Å². The molecule has 0 fully saturated rings. The molecule has 0 bridgehead atoms. The van der Waals surface area contributed by atoms with Crippen molar-refractivity contribution >= 4 is 33.4 Å². The number of fused-ring (bicyclic) bond motifs is 1. The largest absolute Gasteiger partial charge is 0.474 e. The third kappa shape index (κ3) is 2.90. The normalized spacial score (nSPS) is 10.9. The Morgan fingerprint density at radius 1 is 1.42 bits per heavy atom. The maximum Gasteiger partial charge on any atom is 0.394 e. The molecule has 5 nitrogen and oxygen atoms in total. The molecule has 100 valence electrons. The summed E-state index contributed by atoms with van der Waals surface area (Å²) in [4.78, 5) is 28.0. The van der Waals surface area contributed by atoms with E-state index in [2.05, 4.69) is 4.98 Å². The van der Waals surface area contributed by atoms with Gasteiger partial charge in [0.15, 0.2) is 0 Å². The van der Waals surface area contributed by atoms with Crippen LogP contribution in [0.1, 0.15) is 19.4 Å². The van der Waals surface area contributed by atoms with Crippen LogP contribution in [0.2, 0.25) is 0 Å². The summed E-state index contributed by atoms with van der Waals surface area (Å²) in [5.41, 5.74) is 3.51. The number of carboxylic acid groups (broad SMARTS) is 1. The first-order valence-electron chi connectivity index (χ1n) is 5.85. The van der Waals surface area contributed by atoms with Gasteiger partial charge in [-0.2, -0.15) is 0 Å². The van der Waals surface area contributed by atoms with Gasteiger partial charge in [-0.25, -0.2) is 9.78 Å². The van der Waals surface area contributed by atoms with Gasteiger partial charge in [0.25, 0.3) is 0 Å². The maximum atomic E-state index is 11.6. The molecule has 0 aliphatic rings. The van der Waals surface area contributed by atoms with Gasteiger partial charge in [-0.3, -0.25) is 4.79 Å². The molecule has 1 amide bonds. The summed E-state index contributed by atoms with van der Waals surface area (Å²) in [7, 11) is 0. The Morgan fingerprint density at radius 2 is 2.16 bits per heavy atom. The van der Waals surface area contributed by atoms with Crippen molar-refractivity contribution < 1.29 is 14.7 Å². The molecule has 0 spiro atoms. The summed E-state index contributed by atoms with van der Waals surface area (Å²) in [6, 6.07) is 5.54. The highest BCUT2D eigenvalue weighted by molar-refractivity contribution is 7.16. The molecule has 0 aliphatic carbocycles. The van der Waals surface area contributed by atoms with Crippen molar-refractivity contribution in [2.75, 3.05) is 0 Å². The molecule has 2 aromatic rings. The SMILES string of the molecule is CC(C)N(Cc1ccc2scnc2c1)C(=O)C(=O)O. The zero-order chi connectivity index (χ0) is 14.0. The van der Waals surface area contributed by atoms with Gasteiger partial charge in [0.05, 0.1) is 15.7 Å². The van der Waals surface area contributed by atoms with Crippen molar-refractivity contribution in [1.29, 1.82) is 0 Å². The molecule has 0 atom stereocenters. The highest BCUT2D eigenvalue weighted by Gasteiger charge is 2.23. The fourth-order valence-electron chi connectivity index (χ4n) is 1.81. The molecular weight excluding hydrogens is 264 g/mol. The highest BCUT2D eigenvalue weighted by Crippen LogP contribution is 2.20. The summed E-state index contributed by atoms with van der Waals surface area (Å²) in [6.45, 7) is 3.86. The van der Waals surface area contributed by atoms with Gasteiger partial charge < -0.3 is 10.0 Å². The second-order valence-electron chi connectivity index (χ2n) is 4.49. The molecule has 2 rings (SSSR count). The molecule has 1 aromatic carbocycles. The van der Waals surface area contributed by atoms with Gasteiger partial charge in [-0.15, -0.1) is 11.3 Å². The van der Waals surface area contributed by atoms with E-state index in [1.54, 1.807) is 30.7 Å². The second-order valence-corrected chi connectivity index (χ2v) is 5.37. The van der Waals surface area contributed by atoms with Crippen LogP contribution in [0.5, 0.6) is 0 Å². The van der Waals surface area contributed by atoms with Crippen LogP contribution in [0.4, 0.5) is 0 Å². The minimum atomic E-state index is -1.43. The van der Waals surface area contributed by atoms with Gasteiger partial charge in [0.1, 0.15) is 0 Å². The van der Waals surface area contributed by atoms with Crippen molar-refractivity contribution in [2.45, 2.75) is 26.4 Å². The van der Waals surface area contributed by atoms with E-state index in [9.17, 15) is 9.59 Å². The van der Waals surface area contributed by atoms with Crippen LogP contribution in [0.3, 0.4) is 0 Å². The fourth-order valence-corrected chi connectivity index (χ4v) is 2.47. The highest BCUT2D eigenvalue weighted by atomic mass is 32.1. The number of nitrogens with zero attached hydrogens (tertiary/aromatic N) is 2. The molecule has 0 radical (unpaired) electrons. The summed E-state index contributed by atoms with van der Waals surface area (Å²) in [6.07, 6.45) is 0. The minimum Gasteiger partial charge on any atom is -0.474 e. The number of aliphatic carboxylic acids is 1. The van der Waals surface area contributed by atoms with Gasteiger partial charge >= 0.3 is 11.9 Å². The number of carbonyl (C=O) groups excluding carboxylic acids is 1. The van der Waals surface area contributed by atoms with Crippen LogP contribution in [0, 0.1) is 0 Å². The first-order valence-corrected chi connectivity index (χ1v) is 6.73. The molecule has 0 saturated carbocycles. The van der Waals surface area contributed by atoms with E-state index in [0.29, 0.717) is 0 Å². The fraction of sp³-hybridized carbons (Fsp3) is 0.308. The van der Waals surface area contributed by atoms with Gasteiger partial charge in [0.2, 0.25) is 0 Å². The van der Waals surface area contributed by atoms with Crippen LogP contribution in [-0.2, 0) is 16.1 Å². The van der Waals surface area contributed by atoms with Crippen LogP contribution in [-0.4, -0.2) is 32.9 Å². The Bertz CT molecular complexity index is 621. The molecular formula is C13H14N2O3S. The summed E-state index contributed by atoms with van der Waals surface area (Å²) in [5.74, 6) is -2.31. The number of aromatic nitrogens is 1. The lowest BCUT2D eigenvalue weighted by Crippen LogP contribution is -2.40. The summed E-state index contributed by atoms with van der Waals surface area (Å²) >= 11 is 1.55. The van der Waals surface area contributed by atoms with Gasteiger partial charge in [-0.1, -0.05) is 6.07 Å². The minimum absolute atomic E-state index is 0.172.